The molecule has 1 aromatic rings. The van der Waals surface area contributed by atoms with Crippen molar-refractivity contribution in [2.24, 2.45) is 0 Å². The Kier molecular flexibility index (Phi) is 2.59. The van der Waals surface area contributed by atoms with Gasteiger partial charge in [-0.2, -0.15) is 5.26 Å². The van der Waals surface area contributed by atoms with Gasteiger partial charge in [-0.1, -0.05) is 20.8 Å². The molecule has 0 spiro atoms. The molecule has 1 heterocycles. The first kappa shape index (κ1) is 10.9. The van der Waals surface area contributed by atoms with Crippen molar-refractivity contribution in [1.82, 2.24) is 4.98 Å². The molecule has 1 aliphatic carbocycles. The number of hydrogen-bond donors (Lipinski definition) is 0. The maximum absolute atomic E-state index is 8.86. The summed E-state index contributed by atoms with van der Waals surface area (Å²) in [5.41, 5.74) is 1.23. The van der Waals surface area contributed by atoms with Gasteiger partial charge < -0.3 is 4.74 Å². The number of hydrogen-bond acceptors (Lipinski definition) is 3. The van der Waals surface area contributed by atoms with Gasteiger partial charge in [0, 0.05) is 5.41 Å². The summed E-state index contributed by atoms with van der Waals surface area (Å²) in [7, 11) is 0. The minimum atomic E-state index is -0.100. The van der Waals surface area contributed by atoms with Crippen molar-refractivity contribution in [1.29, 1.82) is 5.26 Å². The summed E-state index contributed by atoms with van der Waals surface area (Å²) in [5, 5.41) is 8.86. The molecule has 1 aliphatic rings. The fourth-order valence-corrected chi connectivity index (χ4v) is 1.51. The van der Waals surface area contributed by atoms with Crippen LogP contribution in [-0.4, -0.2) is 11.1 Å². The lowest BCUT2D eigenvalue weighted by atomic mass is 9.90. The first-order chi connectivity index (χ1) is 7.50. The summed E-state index contributed by atoms with van der Waals surface area (Å²) < 4.78 is 5.81. The molecule has 0 saturated heterocycles. The topological polar surface area (TPSA) is 45.9 Å². The number of aromatic nitrogens is 1. The summed E-state index contributed by atoms with van der Waals surface area (Å²) in [4.78, 5) is 4.36. The van der Waals surface area contributed by atoms with Crippen LogP contribution in [0.25, 0.3) is 0 Å². The van der Waals surface area contributed by atoms with Gasteiger partial charge in [0.25, 0.3) is 0 Å². The first-order valence-electron chi connectivity index (χ1n) is 5.59. The molecule has 2 rings (SSSR count). The fourth-order valence-electron chi connectivity index (χ4n) is 1.51. The van der Waals surface area contributed by atoms with Crippen LogP contribution in [0.4, 0.5) is 0 Å². The maximum Gasteiger partial charge on any atom is 0.141 e. The summed E-state index contributed by atoms with van der Waals surface area (Å²) in [6.07, 6.45) is 2.61. The number of rotatable bonds is 2. The third-order valence-corrected chi connectivity index (χ3v) is 2.50. The van der Waals surface area contributed by atoms with Gasteiger partial charge in [-0.15, -0.1) is 0 Å². The minimum absolute atomic E-state index is 0.100. The highest BCUT2D eigenvalue weighted by atomic mass is 16.5. The van der Waals surface area contributed by atoms with Gasteiger partial charge in [0.2, 0.25) is 0 Å². The zero-order valence-electron chi connectivity index (χ0n) is 9.95. The Labute approximate surface area is 96.1 Å². The van der Waals surface area contributed by atoms with Gasteiger partial charge >= 0.3 is 0 Å². The van der Waals surface area contributed by atoms with Gasteiger partial charge in [0.05, 0.1) is 11.8 Å². The Bertz CT molecular complexity index is 436. The molecule has 84 valence electrons. The Morgan fingerprint density at radius 2 is 2.06 bits per heavy atom. The number of nitrogens with zero attached hydrogens (tertiary/aromatic N) is 2. The lowest BCUT2D eigenvalue weighted by molar-refractivity contribution is 0.292. The lowest BCUT2D eigenvalue weighted by Crippen LogP contribution is -2.17. The highest BCUT2D eigenvalue weighted by Crippen LogP contribution is 2.34. The Morgan fingerprint density at radius 1 is 1.38 bits per heavy atom. The van der Waals surface area contributed by atoms with E-state index in [1.54, 1.807) is 6.07 Å². The van der Waals surface area contributed by atoms with E-state index in [-0.39, 0.29) is 5.41 Å². The van der Waals surface area contributed by atoms with Gasteiger partial charge in [-0.3, -0.25) is 0 Å². The van der Waals surface area contributed by atoms with Crippen LogP contribution in [0.1, 0.15) is 45.0 Å². The average molecular weight is 216 g/mol. The fraction of sp³-hybridized carbons (Fsp3) is 0.538. The summed E-state index contributed by atoms with van der Waals surface area (Å²) in [6.45, 7) is 6.24. The molecule has 1 saturated carbocycles. The first-order valence-corrected chi connectivity index (χ1v) is 5.59. The molecule has 0 unspecified atom stereocenters. The van der Waals surface area contributed by atoms with E-state index < -0.39 is 0 Å². The number of nitriles is 1. The second-order valence-electron chi connectivity index (χ2n) is 5.22. The molecule has 0 N–H and O–H groups in total. The van der Waals surface area contributed by atoms with Crippen molar-refractivity contribution < 1.29 is 4.74 Å². The highest BCUT2D eigenvalue weighted by Gasteiger charge is 2.28. The van der Waals surface area contributed by atoms with Crippen LogP contribution in [0.15, 0.2) is 12.1 Å². The van der Waals surface area contributed by atoms with Crippen molar-refractivity contribution >= 4 is 0 Å². The van der Waals surface area contributed by atoms with Crippen molar-refractivity contribution in [2.75, 3.05) is 0 Å². The summed E-state index contributed by atoms with van der Waals surface area (Å²) in [5.74, 6) is 0.828. The molecule has 1 aromatic heterocycles. The van der Waals surface area contributed by atoms with Crippen LogP contribution >= 0.6 is 0 Å². The van der Waals surface area contributed by atoms with E-state index in [1.165, 1.54) is 0 Å². The molecule has 0 amide bonds. The van der Waals surface area contributed by atoms with Crippen LogP contribution in [0.5, 0.6) is 5.75 Å². The Balaban J connectivity index is 2.38. The number of pyridine rings is 1. The van der Waals surface area contributed by atoms with E-state index >= 15 is 0 Å². The summed E-state index contributed by atoms with van der Waals surface area (Å²) >= 11 is 0. The zero-order valence-corrected chi connectivity index (χ0v) is 9.95. The van der Waals surface area contributed by atoms with Gasteiger partial charge in [0.1, 0.15) is 17.5 Å². The molecule has 3 heteroatoms. The van der Waals surface area contributed by atoms with Gasteiger partial charge in [-0.25, -0.2) is 4.98 Å². The molecule has 16 heavy (non-hydrogen) atoms. The average Bonchev–Trinajstić information content (AvgIpc) is 3.01. The van der Waals surface area contributed by atoms with E-state index in [2.05, 4.69) is 31.8 Å². The molecular formula is C13H16N2O. The Hall–Kier alpha value is -1.56. The van der Waals surface area contributed by atoms with E-state index in [0.717, 1.165) is 24.3 Å². The zero-order chi connectivity index (χ0) is 11.8. The third-order valence-electron chi connectivity index (χ3n) is 2.50. The quantitative estimate of drug-likeness (QED) is 0.763. The molecule has 0 atom stereocenters. The van der Waals surface area contributed by atoms with Crippen LogP contribution in [-0.2, 0) is 5.41 Å². The van der Waals surface area contributed by atoms with E-state index in [0.29, 0.717) is 11.8 Å². The Morgan fingerprint density at radius 3 is 2.56 bits per heavy atom. The molecule has 1 fully saturated rings. The lowest BCUT2D eigenvalue weighted by Gasteiger charge is -2.21. The standard InChI is InChI=1S/C13H16N2O/c1-13(2,3)12-11(16-10-5-6-10)7-4-9(8-14)15-12/h4,7,10H,5-6H2,1-3H3. The van der Waals surface area contributed by atoms with Crippen LogP contribution < -0.4 is 4.74 Å². The molecule has 0 bridgehead atoms. The van der Waals surface area contributed by atoms with Gasteiger partial charge in [-0.05, 0) is 25.0 Å². The predicted octanol–water partition coefficient (Wildman–Crippen LogP) is 2.79. The van der Waals surface area contributed by atoms with E-state index in [9.17, 15) is 0 Å². The normalized spacial score (nSPS) is 15.6. The van der Waals surface area contributed by atoms with Crippen molar-refractivity contribution in [2.45, 2.75) is 45.1 Å². The molecule has 3 nitrogen and oxygen atoms in total. The molecular weight excluding hydrogens is 200 g/mol. The molecule has 0 radical (unpaired) electrons. The number of ether oxygens (including phenoxy) is 1. The highest BCUT2D eigenvalue weighted by molar-refractivity contribution is 5.37. The second-order valence-corrected chi connectivity index (χ2v) is 5.22. The maximum atomic E-state index is 8.86. The SMILES string of the molecule is CC(C)(C)c1nc(C#N)ccc1OC1CC1. The molecule has 0 aromatic carbocycles. The van der Waals surface area contributed by atoms with Crippen LogP contribution in [0.2, 0.25) is 0 Å². The van der Waals surface area contributed by atoms with Crippen LogP contribution in [0, 0.1) is 11.3 Å². The monoisotopic (exact) mass is 216 g/mol. The van der Waals surface area contributed by atoms with E-state index in [1.807, 2.05) is 6.07 Å². The van der Waals surface area contributed by atoms with Gasteiger partial charge in [0.15, 0.2) is 0 Å². The van der Waals surface area contributed by atoms with E-state index in [4.69, 9.17) is 10.00 Å². The van der Waals surface area contributed by atoms with Crippen LogP contribution in [0.3, 0.4) is 0 Å². The van der Waals surface area contributed by atoms with Crippen molar-refractivity contribution in [3.8, 4) is 11.8 Å². The third kappa shape index (κ3) is 2.33. The largest absolute Gasteiger partial charge is 0.488 e. The minimum Gasteiger partial charge on any atom is -0.488 e. The second kappa shape index (κ2) is 3.79. The smallest absolute Gasteiger partial charge is 0.141 e. The predicted molar refractivity (Wildman–Crippen MR) is 61.3 cm³/mol. The van der Waals surface area contributed by atoms with Crippen molar-refractivity contribution in [3.63, 3.8) is 0 Å². The van der Waals surface area contributed by atoms with Crippen molar-refractivity contribution in [3.05, 3.63) is 23.5 Å². The summed E-state index contributed by atoms with van der Waals surface area (Å²) in [6, 6.07) is 5.65. The molecule has 0 aliphatic heterocycles.